The molecule has 0 aromatic carbocycles. The molecule has 5 nitrogen and oxygen atoms in total. The predicted molar refractivity (Wildman–Crippen MR) is 66.1 cm³/mol. The number of hydrogen-bond donors (Lipinski definition) is 2. The van der Waals surface area contributed by atoms with Gasteiger partial charge in [-0.2, -0.15) is 18.2 Å². The molecule has 0 radical (unpaired) electrons. The van der Waals surface area contributed by atoms with Crippen molar-refractivity contribution in [2.24, 2.45) is 0 Å². The number of halogens is 3. The second-order valence-corrected chi connectivity index (χ2v) is 4.26. The first kappa shape index (κ1) is 15.5. The molecule has 0 aliphatic carbocycles. The molecule has 0 saturated carbocycles. The number of hydrogen-bond acceptors (Lipinski definition) is 5. The first-order valence-electron chi connectivity index (χ1n) is 5.79. The Morgan fingerprint density at radius 3 is 2.42 bits per heavy atom. The van der Waals surface area contributed by atoms with E-state index >= 15 is 0 Å². The van der Waals surface area contributed by atoms with Gasteiger partial charge in [0.25, 0.3) is 0 Å². The fourth-order valence-corrected chi connectivity index (χ4v) is 1.33. The Balaban J connectivity index is 3.13. The Labute approximate surface area is 109 Å². The second-order valence-electron chi connectivity index (χ2n) is 4.26. The maximum Gasteiger partial charge on any atom is 0.433 e. The van der Waals surface area contributed by atoms with Crippen molar-refractivity contribution in [1.29, 1.82) is 0 Å². The summed E-state index contributed by atoms with van der Waals surface area (Å²) in [6.07, 6.45) is -3.99. The quantitative estimate of drug-likeness (QED) is 0.859. The number of rotatable bonds is 5. The van der Waals surface area contributed by atoms with Crippen LogP contribution < -0.4 is 10.2 Å². The summed E-state index contributed by atoms with van der Waals surface area (Å²) in [6, 6.07) is 0.504. The third-order valence-corrected chi connectivity index (χ3v) is 2.51. The van der Waals surface area contributed by atoms with Gasteiger partial charge in [-0.05, 0) is 6.42 Å². The van der Waals surface area contributed by atoms with Crippen LogP contribution in [0.1, 0.15) is 19.0 Å². The van der Waals surface area contributed by atoms with Crippen molar-refractivity contribution in [3.63, 3.8) is 0 Å². The summed E-state index contributed by atoms with van der Waals surface area (Å²) in [4.78, 5) is 8.87. The van der Waals surface area contributed by atoms with Gasteiger partial charge in [0.1, 0.15) is 5.82 Å². The number of alkyl halides is 3. The van der Waals surface area contributed by atoms with Gasteiger partial charge in [0.05, 0.1) is 12.6 Å². The summed E-state index contributed by atoms with van der Waals surface area (Å²) in [5, 5.41) is 11.7. The molecule has 0 aliphatic heterocycles. The van der Waals surface area contributed by atoms with E-state index in [2.05, 4.69) is 15.3 Å². The topological polar surface area (TPSA) is 61.3 Å². The summed E-state index contributed by atoms with van der Waals surface area (Å²) in [5.41, 5.74) is -1.01. The monoisotopic (exact) mass is 278 g/mol. The fourth-order valence-electron chi connectivity index (χ4n) is 1.33. The molecule has 0 fully saturated rings. The zero-order chi connectivity index (χ0) is 14.6. The molecule has 0 amide bonds. The van der Waals surface area contributed by atoms with E-state index in [1.54, 1.807) is 21.0 Å². The summed E-state index contributed by atoms with van der Waals surface area (Å²) in [6.45, 7) is 1.60. The Kier molecular flexibility index (Phi) is 4.93. The first-order chi connectivity index (χ1) is 8.77. The molecule has 0 aliphatic rings. The number of aliphatic hydroxyl groups excluding tert-OH is 1. The van der Waals surface area contributed by atoms with Crippen LogP contribution in [0.3, 0.4) is 0 Å². The molecular weight excluding hydrogens is 261 g/mol. The van der Waals surface area contributed by atoms with Crippen LogP contribution in [0.5, 0.6) is 0 Å². The maximum atomic E-state index is 12.7. The zero-order valence-corrected chi connectivity index (χ0v) is 11.0. The molecule has 108 valence electrons. The average molecular weight is 278 g/mol. The van der Waals surface area contributed by atoms with Crippen LogP contribution >= 0.6 is 0 Å². The van der Waals surface area contributed by atoms with Gasteiger partial charge < -0.3 is 15.3 Å². The van der Waals surface area contributed by atoms with E-state index in [1.807, 2.05) is 0 Å². The van der Waals surface area contributed by atoms with Crippen LogP contribution in [-0.4, -0.2) is 41.8 Å². The molecule has 19 heavy (non-hydrogen) atoms. The van der Waals surface area contributed by atoms with Crippen molar-refractivity contribution < 1.29 is 18.3 Å². The van der Waals surface area contributed by atoms with Gasteiger partial charge in [0, 0.05) is 20.2 Å². The minimum Gasteiger partial charge on any atom is -0.394 e. The van der Waals surface area contributed by atoms with Crippen molar-refractivity contribution in [1.82, 2.24) is 9.97 Å². The number of nitrogens with one attached hydrogen (secondary N) is 1. The van der Waals surface area contributed by atoms with Crippen molar-refractivity contribution >= 4 is 11.8 Å². The molecule has 1 atom stereocenters. The number of aromatic nitrogens is 2. The molecule has 8 heteroatoms. The highest BCUT2D eigenvalue weighted by Gasteiger charge is 2.34. The summed E-state index contributed by atoms with van der Waals surface area (Å²) in [5.74, 6) is 0.0112. The summed E-state index contributed by atoms with van der Waals surface area (Å²) in [7, 11) is 3.19. The van der Waals surface area contributed by atoms with Crippen molar-refractivity contribution in [3.05, 3.63) is 11.8 Å². The number of aliphatic hydroxyl groups is 1. The van der Waals surface area contributed by atoms with E-state index < -0.39 is 11.9 Å². The predicted octanol–water partition coefficient (Wildman–Crippen LogP) is 1.74. The van der Waals surface area contributed by atoms with Crippen LogP contribution in [0.4, 0.5) is 24.9 Å². The van der Waals surface area contributed by atoms with Crippen LogP contribution in [0.2, 0.25) is 0 Å². The van der Waals surface area contributed by atoms with Crippen molar-refractivity contribution in [3.8, 4) is 0 Å². The summed E-state index contributed by atoms with van der Waals surface area (Å²) >= 11 is 0. The minimum absolute atomic E-state index is 0.139. The number of anilines is 2. The van der Waals surface area contributed by atoms with Gasteiger partial charge in [-0.25, -0.2) is 4.98 Å². The Morgan fingerprint density at radius 2 is 2.00 bits per heavy atom. The van der Waals surface area contributed by atoms with Gasteiger partial charge in [-0.1, -0.05) is 6.92 Å². The molecule has 1 rings (SSSR count). The van der Waals surface area contributed by atoms with E-state index in [0.29, 0.717) is 6.42 Å². The molecule has 2 N–H and O–H groups in total. The molecule has 1 aromatic rings. The Hall–Kier alpha value is -1.57. The molecule has 0 spiro atoms. The molecule has 1 unspecified atom stereocenters. The van der Waals surface area contributed by atoms with Gasteiger partial charge in [0.15, 0.2) is 5.69 Å². The fraction of sp³-hybridized carbons (Fsp3) is 0.636. The first-order valence-corrected chi connectivity index (χ1v) is 5.79. The molecular formula is C11H17F3N4O. The van der Waals surface area contributed by atoms with E-state index in [0.717, 1.165) is 6.07 Å². The van der Waals surface area contributed by atoms with E-state index in [-0.39, 0.29) is 24.4 Å². The van der Waals surface area contributed by atoms with Crippen molar-refractivity contribution in [2.45, 2.75) is 25.6 Å². The van der Waals surface area contributed by atoms with Crippen molar-refractivity contribution in [2.75, 3.05) is 30.9 Å². The van der Waals surface area contributed by atoms with E-state index in [9.17, 15) is 13.2 Å². The van der Waals surface area contributed by atoms with Gasteiger partial charge in [-0.3, -0.25) is 0 Å². The normalized spacial score (nSPS) is 13.2. The van der Waals surface area contributed by atoms with Crippen LogP contribution in [-0.2, 0) is 6.18 Å². The van der Waals surface area contributed by atoms with Crippen LogP contribution in [0.15, 0.2) is 6.07 Å². The number of nitrogens with zero attached hydrogens (tertiary/aromatic N) is 3. The molecule has 0 saturated heterocycles. The standard InChI is InChI=1S/C11H17F3N4O/c1-4-7(6-19)15-10-16-8(11(12,13)14)5-9(17-10)18(2)3/h5,7,19H,4,6H2,1-3H3,(H,15,16,17). The minimum atomic E-state index is -4.54. The van der Waals surface area contributed by atoms with E-state index in [1.165, 1.54) is 4.90 Å². The zero-order valence-electron chi connectivity index (χ0n) is 11.0. The lowest BCUT2D eigenvalue weighted by Crippen LogP contribution is -2.25. The smallest absolute Gasteiger partial charge is 0.394 e. The van der Waals surface area contributed by atoms with E-state index in [4.69, 9.17) is 5.11 Å². The van der Waals surface area contributed by atoms with Crippen LogP contribution in [0.25, 0.3) is 0 Å². The largest absolute Gasteiger partial charge is 0.433 e. The SMILES string of the molecule is CCC(CO)Nc1nc(N(C)C)cc(C(F)(F)F)n1. The molecule has 1 heterocycles. The lowest BCUT2D eigenvalue weighted by Gasteiger charge is -2.18. The lowest BCUT2D eigenvalue weighted by atomic mass is 10.2. The Morgan fingerprint density at radius 1 is 1.37 bits per heavy atom. The highest BCUT2D eigenvalue weighted by atomic mass is 19.4. The van der Waals surface area contributed by atoms with Gasteiger partial charge in [0.2, 0.25) is 5.95 Å². The second kappa shape index (κ2) is 6.05. The highest BCUT2D eigenvalue weighted by Crippen LogP contribution is 2.30. The Bertz CT molecular complexity index is 419. The molecule has 1 aromatic heterocycles. The van der Waals surface area contributed by atoms with Crippen LogP contribution in [0, 0.1) is 0 Å². The highest BCUT2D eigenvalue weighted by molar-refractivity contribution is 5.44. The third-order valence-electron chi connectivity index (χ3n) is 2.51. The summed E-state index contributed by atoms with van der Waals surface area (Å²) < 4.78 is 38.2. The van der Waals surface area contributed by atoms with Gasteiger partial charge >= 0.3 is 6.18 Å². The molecule has 0 bridgehead atoms. The lowest BCUT2D eigenvalue weighted by molar-refractivity contribution is -0.141. The third kappa shape index (κ3) is 4.23. The maximum absolute atomic E-state index is 12.7. The van der Waals surface area contributed by atoms with Gasteiger partial charge in [-0.15, -0.1) is 0 Å². The average Bonchev–Trinajstić information content (AvgIpc) is 2.34.